The highest BCUT2D eigenvalue weighted by molar-refractivity contribution is 7.99. The van der Waals surface area contributed by atoms with Crippen LogP contribution in [-0.2, 0) is 0 Å². The fraction of sp³-hybridized carbons (Fsp3) is 0.364. The standard InChI is InChI=1S/C11H10F2OS/c12-9-3-8(4-10(13)5-9)11(14)7-1-2-15-6-7/h3-5,7H,1-2,6H2. The molecule has 0 N–H and O–H groups in total. The van der Waals surface area contributed by atoms with Gasteiger partial charge in [-0.25, -0.2) is 8.78 Å². The van der Waals surface area contributed by atoms with E-state index in [0.29, 0.717) is 0 Å². The van der Waals surface area contributed by atoms with Gasteiger partial charge >= 0.3 is 0 Å². The Kier molecular flexibility index (Phi) is 3.05. The molecule has 1 aliphatic rings. The predicted octanol–water partition coefficient (Wildman–Crippen LogP) is 2.90. The highest BCUT2D eigenvalue weighted by Crippen LogP contribution is 2.27. The topological polar surface area (TPSA) is 17.1 Å². The van der Waals surface area contributed by atoms with Gasteiger partial charge in [-0.3, -0.25) is 4.79 Å². The zero-order chi connectivity index (χ0) is 10.8. The molecule has 1 nitrogen and oxygen atoms in total. The zero-order valence-corrected chi connectivity index (χ0v) is 8.82. The van der Waals surface area contributed by atoms with Gasteiger partial charge < -0.3 is 0 Å². The van der Waals surface area contributed by atoms with Gasteiger partial charge in [-0.05, 0) is 24.3 Å². The van der Waals surface area contributed by atoms with Crippen LogP contribution in [0.25, 0.3) is 0 Å². The van der Waals surface area contributed by atoms with E-state index in [1.54, 1.807) is 11.8 Å². The highest BCUT2D eigenvalue weighted by Gasteiger charge is 2.24. The van der Waals surface area contributed by atoms with Crippen molar-refractivity contribution >= 4 is 17.5 Å². The monoisotopic (exact) mass is 228 g/mol. The second-order valence-electron chi connectivity index (χ2n) is 3.58. The van der Waals surface area contributed by atoms with Gasteiger partial charge in [-0.1, -0.05) is 0 Å². The molecule has 0 radical (unpaired) electrons. The first-order valence-electron chi connectivity index (χ1n) is 4.75. The minimum atomic E-state index is -0.691. The Hall–Kier alpha value is -0.900. The lowest BCUT2D eigenvalue weighted by Gasteiger charge is -2.07. The van der Waals surface area contributed by atoms with Gasteiger partial charge in [0.1, 0.15) is 11.6 Å². The van der Waals surface area contributed by atoms with E-state index in [4.69, 9.17) is 0 Å². The number of halogens is 2. The van der Waals surface area contributed by atoms with Gasteiger partial charge in [0.05, 0.1) is 0 Å². The van der Waals surface area contributed by atoms with E-state index in [2.05, 4.69) is 0 Å². The summed E-state index contributed by atoms with van der Waals surface area (Å²) in [6.07, 6.45) is 0.807. The molecule has 15 heavy (non-hydrogen) atoms. The second-order valence-corrected chi connectivity index (χ2v) is 4.73. The normalized spacial score (nSPS) is 20.5. The smallest absolute Gasteiger partial charge is 0.167 e. The van der Waals surface area contributed by atoms with Crippen molar-refractivity contribution < 1.29 is 13.6 Å². The maximum absolute atomic E-state index is 12.9. The first kappa shape index (κ1) is 10.6. The second kappa shape index (κ2) is 4.31. The lowest BCUT2D eigenvalue weighted by molar-refractivity contribution is 0.0933. The summed E-state index contributed by atoms with van der Waals surface area (Å²) < 4.78 is 25.8. The Bertz CT molecular complexity index is 366. The van der Waals surface area contributed by atoms with Crippen molar-refractivity contribution in [3.05, 3.63) is 35.4 Å². The van der Waals surface area contributed by atoms with E-state index in [1.807, 2.05) is 0 Å². The highest BCUT2D eigenvalue weighted by atomic mass is 32.2. The molecule has 0 saturated carbocycles. The largest absolute Gasteiger partial charge is 0.294 e. The summed E-state index contributed by atoms with van der Waals surface area (Å²) in [7, 11) is 0. The van der Waals surface area contributed by atoms with Gasteiger partial charge in [0.25, 0.3) is 0 Å². The summed E-state index contributed by atoms with van der Waals surface area (Å²) in [5.74, 6) is 0.119. The maximum atomic E-state index is 12.9. The summed E-state index contributed by atoms with van der Waals surface area (Å²) in [6.45, 7) is 0. The van der Waals surface area contributed by atoms with Crippen LogP contribution >= 0.6 is 11.8 Å². The number of Topliss-reactive ketones (excluding diaryl/α,β-unsaturated/α-hetero) is 1. The third-order valence-corrected chi connectivity index (χ3v) is 3.61. The number of ketones is 1. The van der Waals surface area contributed by atoms with E-state index in [9.17, 15) is 13.6 Å². The van der Waals surface area contributed by atoms with Crippen LogP contribution in [0.4, 0.5) is 8.78 Å². The maximum Gasteiger partial charge on any atom is 0.167 e. The first-order valence-corrected chi connectivity index (χ1v) is 5.90. The van der Waals surface area contributed by atoms with Gasteiger partial charge in [0, 0.05) is 23.3 Å². The Labute approximate surface area is 90.9 Å². The van der Waals surface area contributed by atoms with Crippen molar-refractivity contribution in [3.63, 3.8) is 0 Å². The molecule has 4 heteroatoms. The number of hydrogen-bond acceptors (Lipinski definition) is 2. The van der Waals surface area contributed by atoms with Crippen molar-refractivity contribution in [2.75, 3.05) is 11.5 Å². The molecule has 1 heterocycles. The summed E-state index contributed by atoms with van der Waals surface area (Å²) >= 11 is 1.71. The van der Waals surface area contributed by atoms with E-state index in [0.717, 1.165) is 36.1 Å². The number of carbonyl (C=O) groups is 1. The Balaban J connectivity index is 2.24. The van der Waals surface area contributed by atoms with E-state index >= 15 is 0 Å². The van der Waals surface area contributed by atoms with Crippen molar-refractivity contribution in [2.45, 2.75) is 6.42 Å². The average molecular weight is 228 g/mol. The molecule has 1 aromatic carbocycles. The van der Waals surface area contributed by atoms with Crippen molar-refractivity contribution in [2.24, 2.45) is 5.92 Å². The van der Waals surface area contributed by atoms with Crippen LogP contribution < -0.4 is 0 Å². The molecule has 0 aromatic heterocycles. The van der Waals surface area contributed by atoms with Crippen molar-refractivity contribution in [1.29, 1.82) is 0 Å². The van der Waals surface area contributed by atoms with Crippen LogP contribution in [0.2, 0.25) is 0 Å². The van der Waals surface area contributed by atoms with E-state index in [-0.39, 0.29) is 17.3 Å². The number of thioether (sulfide) groups is 1. The number of benzene rings is 1. The predicted molar refractivity (Wildman–Crippen MR) is 56.1 cm³/mol. The van der Waals surface area contributed by atoms with Crippen LogP contribution in [0, 0.1) is 17.6 Å². The fourth-order valence-electron chi connectivity index (χ4n) is 1.67. The number of carbonyl (C=O) groups excluding carboxylic acids is 1. The van der Waals surface area contributed by atoms with Crippen molar-refractivity contribution in [3.8, 4) is 0 Å². The minimum Gasteiger partial charge on any atom is -0.294 e. The molecule has 1 saturated heterocycles. The number of hydrogen-bond donors (Lipinski definition) is 0. The quantitative estimate of drug-likeness (QED) is 0.724. The Morgan fingerprint density at radius 1 is 1.27 bits per heavy atom. The molecule has 0 bridgehead atoms. The third-order valence-electron chi connectivity index (χ3n) is 2.45. The molecule has 0 amide bonds. The van der Waals surface area contributed by atoms with Crippen molar-refractivity contribution in [1.82, 2.24) is 0 Å². The summed E-state index contributed by atoms with van der Waals surface area (Å²) in [5.41, 5.74) is 0.153. The van der Waals surface area contributed by atoms with Gasteiger partial charge in [0.2, 0.25) is 0 Å². The lowest BCUT2D eigenvalue weighted by atomic mass is 9.97. The average Bonchev–Trinajstić information content (AvgIpc) is 2.67. The lowest BCUT2D eigenvalue weighted by Crippen LogP contribution is -2.14. The van der Waals surface area contributed by atoms with Gasteiger partial charge in [0.15, 0.2) is 5.78 Å². The third kappa shape index (κ3) is 2.37. The zero-order valence-electron chi connectivity index (χ0n) is 8.00. The van der Waals surface area contributed by atoms with E-state index < -0.39 is 11.6 Å². The Morgan fingerprint density at radius 3 is 2.47 bits per heavy atom. The molecule has 1 atom stereocenters. The van der Waals surface area contributed by atoms with Crippen LogP contribution in [0.3, 0.4) is 0 Å². The van der Waals surface area contributed by atoms with Crippen LogP contribution in [0.1, 0.15) is 16.8 Å². The van der Waals surface area contributed by atoms with Gasteiger partial charge in [-0.2, -0.15) is 11.8 Å². The SMILES string of the molecule is O=C(c1cc(F)cc(F)c1)C1CCSC1. The Morgan fingerprint density at radius 2 is 1.93 bits per heavy atom. The molecule has 2 rings (SSSR count). The molecule has 0 aliphatic carbocycles. The van der Waals surface area contributed by atoms with Gasteiger partial charge in [-0.15, -0.1) is 0 Å². The fourth-order valence-corrected chi connectivity index (χ4v) is 2.89. The molecular weight excluding hydrogens is 218 g/mol. The minimum absolute atomic E-state index is 0.0730. The molecule has 0 spiro atoms. The molecule has 1 unspecified atom stereocenters. The van der Waals surface area contributed by atoms with E-state index in [1.165, 1.54) is 0 Å². The van der Waals surface area contributed by atoms with Crippen LogP contribution in [-0.4, -0.2) is 17.3 Å². The summed E-state index contributed by atoms with van der Waals surface area (Å²) in [5, 5.41) is 0. The molecule has 1 fully saturated rings. The van der Waals surface area contributed by atoms with Crippen LogP contribution in [0.5, 0.6) is 0 Å². The molecule has 1 aliphatic heterocycles. The molecular formula is C11H10F2OS. The molecule has 80 valence electrons. The number of rotatable bonds is 2. The first-order chi connectivity index (χ1) is 7.16. The summed E-state index contributed by atoms with van der Waals surface area (Å²) in [6, 6.07) is 2.99. The molecule has 1 aromatic rings. The van der Waals surface area contributed by atoms with Crippen LogP contribution in [0.15, 0.2) is 18.2 Å². The summed E-state index contributed by atoms with van der Waals surface area (Å²) in [4.78, 5) is 11.8.